The van der Waals surface area contributed by atoms with E-state index in [0.717, 1.165) is 0 Å². The molecule has 4 heteroatoms. The fourth-order valence-electron chi connectivity index (χ4n) is 1.55. The number of Topliss-reactive ketones (excluding diaryl/α,β-unsaturated/α-hetero) is 1. The minimum Gasteiger partial charge on any atom is -0.394 e. The van der Waals surface area contributed by atoms with Crippen molar-refractivity contribution in [2.75, 3.05) is 19.7 Å². The maximum absolute atomic E-state index is 11.0. The Morgan fingerprint density at radius 2 is 2.42 bits per heavy atom. The fraction of sp³-hybridized carbons (Fsp3) is 0.875. The number of likely N-dealkylation sites (tertiary alicyclic amines) is 1. The summed E-state index contributed by atoms with van der Waals surface area (Å²) < 4.78 is 0. The van der Waals surface area contributed by atoms with Crippen molar-refractivity contribution in [2.24, 2.45) is 0 Å². The zero-order valence-corrected chi connectivity index (χ0v) is 7.23. The van der Waals surface area contributed by atoms with Gasteiger partial charge in [0.25, 0.3) is 0 Å². The monoisotopic (exact) mass is 173 g/mol. The third kappa shape index (κ3) is 2.03. The number of aliphatic hydroxyl groups excluding tert-OH is 2. The summed E-state index contributed by atoms with van der Waals surface area (Å²) in [6.07, 6.45) is 0.363. The van der Waals surface area contributed by atoms with Crippen molar-refractivity contribution in [2.45, 2.75) is 25.5 Å². The first-order valence-corrected chi connectivity index (χ1v) is 4.18. The van der Waals surface area contributed by atoms with Gasteiger partial charge in [-0.15, -0.1) is 0 Å². The van der Waals surface area contributed by atoms with Gasteiger partial charge in [-0.05, 0) is 13.3 Å². The van der Waals surface area contributed by atoms with Gasteiger partial charge in [0.1, 0.15) is 5.78 Å². The van der Waals surface area contributed by atoms with Gasteiger partial charge >= 0.3 is 0 Å². The van der Waals surface area contributed by atoms with Gasteiger partial charge < -0.3 is 10.2 Å². The maximum Gasteiger partial charge on any atom is 0.149 e. The molecule has 0 aliphatic carbocycles. The largest absolute Gasteiger partial charge is 0.394 e. The number of hydrogen-bond donors (Lipinski definition) is 2. The summed E-state index contributed by atoms with van der Waals surface area (Å²) in [6, 6.07) is -0.415. The molecular formula is C8H15NO3. The van der Waals surface area contributed by atoms with Crippen molar-refractivity contribution >= 4 is 5.78 Å². The highest BCUT2D eigenvalue weighted by Gasteiger charge is 2.28. The lowest BCUT2D eigenvalue weighted by molar-refractivity contribution is -0.123. The molecule has 70 valence electrons. The number of carbonyl (C=O) groups excluding carboxylic acids is 1. The molecule has 0 saturated carbocycles. The SMILES string of the molecule is CC(=O)[C@@H](CO)N1CCC(O)C1. The van der Waals surface area contributed by atoms with Gasteiger partial charge in [-0.3, -0.25) is 9.69 Å². The van der Waals surface area contributed by atoms with E-state index in [0.29, 0.717) is 19.5 Å². The molecule has 1 aliphatic heterocycles. The van der Waals surface area contributed by atoms with Gasteiger partial charge in [-0.1, -0.05) is 0 Å². The molecule has 0 amide bonds. The number of nitrogens with zero attached hydrogens (tertiary/aromatic N) is 1. The minimum atomic E-state index is -0.415. The van der Waals surface area contributed by atoms with Crippen LogP contribution in [0.5, 0.6) is 0 Å². The van der Waals surface area contributed by atoms with E-state index < -0.39 is 6.04 Å². The van der Waals surface area contributed by atoms with Crippen LogP contribution < -0.4 is 0 Å². The van der Waals surface area contributed by atoms with E-state index in [-0.39, 0.29) is 18.5 Å². The summed E-state index contributed by atoms with van der Waals surface area (Å²) in [6.45, 7) is 2.52. The van der Waals surface area contributed by atoms with Crippen LogP contribution in [-0.4, -0.2) is 52.7 Å². The topological polar surface area (TPSA) is 60.8 Å². The number of aliphatic hydroxyl groups is 2. The van der Waals surface area contributed by atoms with Crippen LogP contribution in [0.2, 0.25) is 0 Å². The Labute approximate surface area is 71.8 Å². The normalized spacial score (nSPS) is 27.4. The van der Waals surface area contributed by atoms with Crippen molar-refractivity contribution in [1.82, 2.24) is 4.90 Å². The summed E-state index contributed by atoms with van der Waals surface area (Å²) in [7, 11) is 0. The number of carbonyl (C=O) groups is 1. The van der Waals surface area contributed by atoms with Crippen LogP contribution in [0.15, 0.2) is 0 Å². The van der Waals surface area contributed by atoms with E-state index in [1.807, 2.05) is 4.90 Å². The Hall–Kier alpha value is -0.450. The molecule has 1 aliphatic rings. The van der Waals surface area contributed by atoms with E-state index in [1.165, 1.54) is 6.92 Å². The van der Waals surface area contributed by atoms with Crippen LogP contribution in [0.3, 0.4) is 0 Å². The van der Waals surface area contributed by atoms with Gasteiger partial charge in [0.05, 0.1) is 18.8 Å². The average molecular weight is 173 g/mol. The summed E-state index contributed by atoms with van der Waals surface area (Å²) in [5.41, 5.74) is 0. The number of β-amino-alcohol motifs (C(OH)–C–C–N with tert-alkyl or cyclic N) is 1. The molecule has 0 aromatic heterocycles. The third-order valence-corrected chi connectivity index (χ3v) is 2.28. The second-order valence-corrected chi connectivity index (χ2v) is 3.25. The van der Waals surface area contributed by atoms with Gasteiger partial charge in [-0.2, -0.15) is 0 Å². The molecule has 0 aromatic rings. The van der Waals surface area contributed by atoms with Gasteiger partial charge in [0.2, 0.25) is 0 Å². The first-order valence-electron chi connectivity index (χ1n) is 4.18. The van der Waals surface area contributed by atoms with Crippen molar-refractivity contribution in [3.8, 4) is 0 Å². The molecule has 0 bridgehead atoms. The zero-order chi connectivity index (χ0) is 9.14. The lowest BCUT2D eigenvalue weighted by Gasteiger charge is -2.22. The molecule has 0 aromatic carbocycles. The van der Waals surface area contributed by atoms with Crippen LogP contribution in [0, 0.1) is 0 Å². The van der Waals surface area contributed by atoms with Gasteiger partial charge in [0, 0.05) is 13.1 Å². The summed E-state index contributed by atoms with van der Waals surface area (Å²) in [4.78, 5) is 12.8. The molecule has 0 radical (unpaired) electrons. The molecule has 1 unspecified atom stereocenters. The molecular weight excluding hydrogens is 158 g/mol. The Morgan fingerprint density at radius 1 is 1.75 bits per heavy atom. The average Bonchev–Trinajstić information content (AvgIpc) is 2.37. The van der Waals surface area contributed by atoms with Crippen LogP contribution in [0.25, 0.3) is 0 Å². The van der Waals surface area contributed by atoms with Crippen molar-refractivity contribution < 1.29 is 15.0 Å². The van der Waals surface area contributed by atoms with Crippen molar-refractivity contribution in [3.63, 3.8) is 0 Å². The molecule has 4 nitrogen and oxygen atoms in total. The quantitative estimate of drug-likeness (QED) is 0.575. The standard InChI is InChI=1S/C8H15NO3/c1-6(11)8(5-10)9-3-2-7(12)4-9/h7-8,10,12H,2-5H2,1H3/t7?,8-/m1/s1. The highest BCUT2D eigenvalue weighted by Crippen LogP contribution is 2.12. The van der Waals surface area contributed by atoms with Crippen LogP contribution >= 0.6 is 0 Å². The third-order valence-electron chi connectivity index (χ3n) is 2.28. The predicted octanol–water partition coefficient (Wildman–Crippen LogP) is -0.997. The highest BCUT2D eigenvalue weighted by atomic mass is 16.3. The van der Waals surface area contributed by atoms with E-state index in [4.69, 9.17) is 5.11 Å². The van der Waals surface area contributed by atoms with Crippen LogP contribution in [-0.2, 0) is 4.79 Å². The van der Waals surface area contributed by atoms with Crippen molar-refractivity contribution in [3.05, 3.63) is 0 Å². The van der Waals surface area contributed by atoms with Crippen LogP contribution in [0.4, 0.5) is 0 Å². The molecule has 0 spiro atoms. The van der Waals surface area contributed by atoms with E-state index in [2.05, 4.69) is 0 Å². The Balaban J connectivity index is 2.49. The van der Waals surface area contributed by atoms with Crippen LogP contribution in [0.1, 0.15) is 13.3 Å². The lowest BCUT2D eigenvalue weighted by Crippen LogP contribution is -2.41. The van der Waals surface area contributed by atoms with E-state index >= 15 is 0 Å². The highest BCUT2D eigenvalue weighted by molar-refractivity contribution is 5.81. The second kappa shape index (κ2) is 3.98. The summed E-state index contributed by atoms with van der Waals surface area (Å²) in [5.74, 6) is -0.0356. The molecule has 1 heterocycles. The molecule has 2 N–H and O–H groups in total. The summed E-state index contributed by atoms with van der Waals surface area (Å²) >= 11 is 0. The number of ketones is 1. The van der Waals surface area contributed by atoms with E-state index in [1.54, 1.807) is 0 Å². The maximum atomic E-state index is 11.0. The molecule has 2 atom stereocenters. The first-order chi connectivity index (χ1) is 5.65. The van der Waals surface area contributed by atoms with Crippen molar-refractivity contribution in [1.29, 1.82) is 0 Å². The first kappa shape index (κ1) is 9.64. The fourth-order valence-corrected chi connectivity index (χ4v) is 1.55. The molecule has 12 heavy (non-hydrogen) atoms. The molecule has 1 saturated heterocycles. The second-order valence-electron chi connectivity index (χ2n) is 3.25. The van der Waals surface area contributed by atoms with E-state index in [9.17, 15) is 9.90 Å². The Kier molecular flexibility index (Phi) is 3.20. The number of rotatable bonds is 3. The smallest absolute Gasteiger partial charge is 0.149 e. The predicted molar refractivity (Wildman–Crippen MR) is 43.8 cm³/mol. The summed E-state index contributed by atoms with van der Waals surface area (Å²) in [5, 5.41) is 18.1. The molecule has 1 rings (SSSR count). The zero-order valence-electron chi connectivity index (χ0n) is 7.23. The Morgan fingerprint density at radius 3 is 2.75 bits per heavy atom. The number of hydrogen-bond acceptors (Lipinski definition) is 4. The van der Waals surface area contributed by atoms with Gasteiger partial charge in [0.15, 0.2) is 0 Å². The molecule has 1 fully saturated rings. The lowest BCUT2D eigenvalue weighted by atomic mass is 10.2. The Bertz CT molecular complexity index is 172. The van der Waals surface area contributed by atoms with Gasteiger partial charge in [-0.25, -0.2) is 0 Å². The minimum absolute atomic E-state index is 0.0356.